The fourth-order valence-electron chi connectivity index (χ4n) is 4.11. The summed E-state index contributed by atoms with van der Waals surface area (Å²) >= 11 is 1.53. The van der Waals surface area contributed by atoms with Crippen molar-refractivity contribution in [2.24, 2.45) is 11.8 Å². The molecule has 1 spiro atoms. The van der Waals surface area contributed by atoms with Crippen molar-refractivity contribution < 1.29 is 14.3 Å². The molecule has 4 atom stereocenters. The summed E-state index contributed by atoms with van der Waals surface area (Å²) in [4.78, 5) is 27.4. The average Bonchev–Trinajstić information content (AvgIpc) is 3.29. The molecule has 0 radical (unpaired) electrons. The molecule has 3 aliphatic rings. The monoisotopic (exact) mass is 362 g/mol. The van der Waals surface area contributed by atoms with Crippen LogP contribution in [0, 0.1) is 18.8 Å². The van der Waals surface area contributed by atoms with Crippen molar-refractivity contribution in [3.05, 3.63) is 22.2 Å². The molecule has 1 N–H and O–H groups in total. The van der Waals surface area contributed by atoms with Gasteiger partial charge in [-0.15, -0.1) is 21.5 Å². The van der Waals surface area contributed by atoms with Gasteiger partial charge in [0.25, 0.3) is 0 Å². The number of hydrogen-bond donors (Lipinski definition) is 1. The lowest BCUT2D eigenvalue weighted by Crippen LogP contribution is -2.44. The Labute approximate surface area is 150 Å². The molecular formula is C17H22N4O3S. The lowest BCUT2D eigenvalue weighted by molar-refractivity contribution is -0.138. The van der Waals surface area contributed by atoms with Crippen LogP contribution in [0.3, 0.4) is 0 Å². The zero-order chi connectivity index (χ0) is 17.8. The van der Waals surface area contributed by atoms with Crippen molar-refractivity contribution >= 4 is 23.2 Å². The third kappa shape index (κ3) is 2.58. The maximum Gasteiger partial charge on any atom is 0.230 e. The van der Waals surface area contributed by atoms with Gasteiger partial charge in [-0.25, -0.2) is 0 Å². The second kappa shape index (κ2) is 5.88. The summed E-state index contributed by atoms with van der Waals surface area (Å²) in [5, 5.41) is 12.8. The van der Waals surface area contributed by atoms with E-state index in [9.17, 15) is 9.59 Å². The van der Waals surface area contributed by atoms with E-state index in [4.69, 9.17) is 4.74 Å². The number of ether oxygens (including phenoxy) is 1. The van der Waals surface area contributed by atoms with Crippen molar-refractivity contribution in [1.82, 2.24) is 20.4 Å². The first-order valence-electron chi connectivity index (χ1n) is 8.65. The van der Waals surface area contributed by atoms with Gasteiger partial charge in [0.2, 0.25) is 11.8 Å². The van der Waals surface area contributed by atoms with Crippen LogP contribution >= 0.6 is 11.3 Å². The second-order valence-electron chi connectivity index (χ2n) is 7.22. The zero-order valence-corrected chi connectivity index (χ0v) is 15.4. The smallest absolute Gasteiger partial charge is 0.230 e. The average molecular weight is 362 g/mol. The third-order valence-electron chi connectivity index (χ3n) is 5.26. The number of nitrogens with zero attached hydrogens (tertiary/aromatic N) is 3. The number of fused-ring (bicyclic) bond motifs is 1. The summed E-state index contributed by atoms with van der Waals surface area (Å²) in [6.07, 6.45) is 4.27. The molecule has 1 aromatic rings. The summed E-state index contributed by atoms with van der Waals surface area (Å²) in [6.45, 7) is 6.91. The van der Waals surface area contributed by atoms with Crippen LogP contribution in [-0.4, -0.2) is 57.7 Å². The molecule has 3 aliphatic heterocycles. The number of nitrogens with one attached hydrogen (secondary N) is 1. The molecule has 0 unspecified atom stereocenters. The molecule has 4 heterocycles. The number of aromatic nitrogens is 2. The van der Waals surface area contributed by atoms with Gasteiger partial charge < -0.3 is 15.0 Å². The van der Waals surface area contributed by atoms with Crippen LogP contribution in [-0.2, 0) is 20.7 Å². The maximum absolute atomic E-state index is 12.8. The van der Waals surface area contributed by atoms with Crippen LogP contribution in [0.4, 0.5) is 0 Å². The van der Waals surface area contributed by atoms with E-state index in [0.29, 0.717) is 19.5 Å². The van der Waals surface area contributed by atoms with Gasteiger partial charge in [-0.3, -0.25) is 9.59 Å². The highest BCUT2D eigenvalue weighted by atomic mass is 32.1. The van der Waals surface area contributed by atoms with Crippen molar-refractivity contribution in [2.45, 2.75) is 44.9 Å². The van der Waals surface area contributed by atoms with E-state index in [-0.39, 0.29) is 24.0 Å². The van der Waals surface area contributed by atoms with Crippen molar-refractivity contribution in [3.8, 4) is 0 Å². The van der Waals surface area contributed by atoms with Gasteiger partial charge in [0.15, 0.2) is 0 Å². The molecule has 134 valence electrons. The molecule has 0 saturated carbocycles. The van der Waals surface area contributed by atoms with Crippen LogP contribution in [0.5, 0.6) is 0 Å². The second-order valence-corrected chi connectivity index (χ2v) is 8.48. The van der Waals surface area contributed by atoms with Gasteiger partial charge in [0, 0.05) is 19.0 Å². The summed E-state index contributed by atoms with van der Waals surface area (Å²) in [6, 6.07) is 0.105. The number of amides is 2. The van der Waals surface area contributed by atoms with Crippen molar-refractivity contribution in [2.75, 3.05) is 13.1 Å². The number of carbonyl (C=O) groups is 2. The number of rotatable bonds is 5. The quantitative estimate of drug-likeness (QED) is 0.780. The topological polar surface area (TPSA) is 84.4 Å². The van der Waals surface area contributed by atoms with E-state index in [1.807, 2.05) is 37.8 Å². The van der Waals surface area contributed by atoms with E-state index < -0.39 is 17.4 Å². The minimum atomic E-state index is -0.621. The Balaban J connectivity index is 1.44. The van der Waals surface area contributed by atoms with Crippen molar-refractivity contribution in [1.29, 1.82) is 0 Å². The molecule has 0 aliphatic carbocycles. The summed E-state index contributed by atoms with van der Waals surface area (Å²) in [7, 11) is 0. The molecular weight excluding hydrogens is 340 g/mol. The van der Waals surface area contributed by atoms with Crippen LogP contribution in [0.15, 0.2) is 12.2 Å². The predicted octanol–water partition coefficient (Wildman–Crippen LogP) is 0.696. The highest BCUT2D eigenvalue weighted by Crippen LogP contribution is 2.52. The highest BCUT2D eigenvalue weighted by molar-refractivity contribution is 7.11. The molecule has 7 nitrogen and oxygen atoms in total. The summed E-state index contributed by atoms with van der Waals surface area (Å²) < 4.78 is 6.08. The van der Waals surface area contributed by atoms with Gasteiger partial charge in [0.05, 0.1) is 24.5 Å². The maximum atomic E-state index is 12.8. The molecule has 1 aromatic heterocycles. The molecule has 0 aromatic carbocycles. The molecule has 25 heavy (non-hydrogen) atoms. The fraction of sp³-hybridized carbons (Fsp3) is 0.647. The fourth-order valence-corrected chi connectivity index (χ4v) is 4.82. The normalized spacial score (nSPS) is 32.7. The lowest BCUT2D eigenvalue weighted by Gasteiger charge is -2.24. The van der Waals surface area contributed by atoms with Crippen LogP contribution in [0.25, 0.3) is 0 Å². The SMILES string of the molecule is Cc1nnc(CCNC(=O)[C@H]2[C@H]3C(=O)N(C(C)C)C[C@]34C=C[C@H]2O4)s1. The third-order valence-corrected chi connectivity index (χ3v) is 6.16. The standard InChI is InChI=1S/C17H22N4O3S/c1-9(2)21-8-17-6-4-11(24-17)13(14(17)16(21)23)15(22)18-7-5-12-20-19-10(3)25-12/h4,6,9,11,13-14H,5,7-8H2,1-3H3,(H,18,22)/t11-,13-,14+,17-/m1/s1. The van der Waals surface area contributed by atoms with Gasteiger partial charge >= 0.3 is 0 Å². The molecule has 4 rings (SSSR count). The summed E-state index contributed by atoms with van der Waals surface area (Å²) in [5.41, 5.74) is -0.621. The Morgan fingerprint density at radius 1 is 1.52 bits per heavy atom. The minimum absolute atomic E-state index is 0.0294. The minimum Gasteiger partial charge on any atom is -0.360 e. The van der Waals surface area contributed by atoms with E-state index >= 15 is 0 Å². The molecule has 2 bridgehead atoms. The van der Waals surface area contributed by atoms with Gasteiger partial charge in [-0.2, -0.15) is 0 Å². The number of likely N-dealkylation sites (tertiary alicyclic amines) is 1. The largest absolute Gasteiger partial charge is 0.360 e. The van der Waals surface area contributed by atoms with Crippen LogP contribution in [0.2, 0.25) is 0 Å². The summed E-state index contributed by atoms with van der Waals surface area (Å²) in [5.74, 6) is -0.936. The zero-order valence-electron chi connectivity index (χ0n) is 14.6. The Bertz CT molecular complexity index is 746. The van der Waals surface area contributed by atoms with Crippen LogP contribution < -0.4 is 5.32 Å². The Morgan fingerprint density at radius 2 is 2.32 bits per heavy atom. The van der Waals surface area contributed by atoms with E-state index in [0.717, 1.165) is 10.0 Å². The molecule has 2 fully saturated rings. The van der Waals surface area contributed by atoms with Crippen LogP contribution in [0.1, 0.15) is 23.9 Å². The van der Waals surface area contributed by atoms with E-state index in [1.165, 1.54) is 11.3 Å². The Hall–Kier alpha value is -1.80. The first-order valence-corrected chi connectivity index (χ1v) is 9.47. The molecule has 2 amide bonds. The molecule has 2 saturated heterocycles. The first kappa shape index (κ1) is 16.7. The van der Waals surface area contributed by atoms with Gasteiger partial charge in [-0.1, -0.05) is 12.2 Å². The first-order chi connectivity index (χ1) is 11.9. The Kier molecular flexibility index (Phi) is 3.92. The predicted molar refractivity (Wildman–Crippen MR) is 91.9 cm³/mol. The van der Waals surface area contributed by atoms with Crippen molar-refractivity contribution in [3.63, 3.8) is 0 Å². The molecule has 8 heteroatoms. The number of aryl methyl sites for hydroxylation is 1. The van der Waals surface area contributed by atoms with Gasteiger partial charge in [0.1, 0.15) is 15.6 Å². The number of hydrogen-bond acceptors (Lipinski definition) is 6. The van der Waals surface area contributed by atoms with E-state index in [2.05, 4.69) is 15.5 Å². The number of carbonyl (C=O) groups excluding carboxylic acids is 2. The Morgan fingerprint density at radius 3 is 3.00 bits per heavy atom. The highest BCUT2D eigenvalue weighted by Gasteiger charge is 2.66. The van der Waals surface area contributed by atoms with Gasteiger partial charge in [-0.05, 0) is 20.8 Å². The van der Waals surface area contributed by atoms with E-state index in [1.54, 1.807) is 0 Å². The lowest BCUT2D eigenvalue weighted by atomic mass is 9.77.